The van der Waals surface area contributed by atoms with E-state index in [4.69, 9.17) is 27.9 Å². The monoisotopic (exact) mass is 285 g/mol. The molecule has 2 fully saturated rings. The maximum Gasteiger partial charge on any atom is 0.107 e. The molecular weight excluding hydrogens is 269 g/mol. The van der Waals surface area contributed by atoms with Gasteiger partial charge in [-0.05, 0) is 30.0 Å². The fourth-order valence-corrected chi connectivity index (χ4v) is 3.45. The van der Waals surface area contributed by atoms with E-state index < -0.39 is 0 Å². The van der Waals surface area contributed by atoms with E-state index in [1.165, 1.54) is 5.56 Å². The summed E-state index contributed by atoms with van der Waals surface area (Å²) < 4.78 is 5.99. The third-order valence-corrected chi connectivity index (χ3v) is 4.80. The zero-order valence-corrected chi connectivity index (χ0v) is 11.9. The molecule has 0 spiro atoms. The van der Waals surface area contributed by atoms with E-state index in [1.54, 1.807) is 0 Å². The minimum absolute atomic E-state index is 0.179. The first-order chi connectivity index (χ1) is 8.64. The lowest BCUT2D eigenvalue weighted by Crippen LogP contribution is -2.37. The Balaban J connectivity index is 2.02. The van der Waals surface area contributed by atoms with Crippen molar-refractivity contribution >= 4 is 23.2 Å². The molecule has 0 saturated carbocycles. The van der Waals surface area contributed by atoms with Crippen molar-refractivity contribution in [1.82, 2.24) is 5.32 Å². The lowest BCUT2D eigenvalue weighted by atomic mass is 9.91. The van der Waals surface area contributed by atoms with Crippen LogP contribution in [-0.4, -0.2) is 19.2 Å². The molecule has 18 heavy (non-hydrogen) atoms. The molecule has 2 heterocycles. The van der Waals surface area contributed by atoms with Crippen LogP contribution >= 0.6 is 23.2 Å². The number of ether oxygens (including phenoxy) is 1. The molecule has 2 aliphatic heterocycles. The van der Waals surface area contributed by atoms with Crippen LogP contribution in [0.15, 0.2) is 12.1 Å². The predicted molar refractivity (Wildman–Crippen MR) is 74.5 cm³/mol. The fraction of sp³-hybridized carbons (Fsp3) is 0.571. The molecule has 0 radical (unpaired) electrons. The Kier molecular flexibility index (Phi) is 3.31. The van der Waals surface area contributed by atoms with Crippen molar-refractivity contribution in [2.24, 2.45) is 0 Å². The second kappa shape index (κ2) is 4.68. The average Bonchev–Trinajstić information content (AvgIpc) is 2.96. The van der Waals surface area contributed by atoms with E-state index in [2.05, 4.69) is 18.3 Å². The number of aryl methyl sites for hydroxylation is 1. The fourth-order valence-electron chi connectivity index (χ4n) is 3.00. The number of morpholine rings is 1. The highest BCUT2D eigenvalue weighted by molar-refractivity contribution is 6.42. The smallest absolute Gasteiger partial charge is 0.107 e. The lowest BCUT2D eigenvalue weighted by Gasteiger charge is -2.28. The van der Waals surface area contributed by atoms with Gasteiger partial charge in [0.2, 0.25) is 0 Å². The minimum atomic E-state index is -0.179. The Bertz CT molecular complexity index is 467. The first-order valence-electron chi connectivity index (χ1n) is 6.50. The molecule has 0 amide bonds. The number of rotatable bonds is 3. The summed E-state index contributed by atoms with van der Waals surface area (Å²) in [6.07, 6.45) is 3.06. The van der Waals surface area contributed by atoms with Crippen molar-refractivity contribution in [3.05, 3.63) is 33.3 Å². The van der Waals surface area contributed by atoms with Crippen LogP contribution in [0.2, 0.25) is 10.0 Å². The zero-order chi connectivity index (χ0) is 12.8. The maximum absolute atomic E-state index is 6.26. The summed E-state index contributed by atoms with van der Waals surface area (Å²) in [5.74, 6) is 0. The van der Waals surface area contributed by atoms with Crippen molar-refractivity contribution in [3.63, 3.8) is 0 Å². The molecule has 4 heteroatoms. The van der Waals surface area contributed by atoms with E-state index in [-0.39, 0.29) is 5.60 Å². The summed E-state index contributed by atoms with van der Waals surface area (Å²) in [4.78, 5) is 0. The average molecular weight is 286 g/mol. The largest absolute Gasteiger partial charge is 0.367 e. The SMILES string of the molecule is CCCc1cc(C23CNC(CO2)C3)cc(Cl)c1Cl. The summed E-state index contributed by atoms with van der Waals surface area (Å²) in [5, 5.41) is 4.82. The van der Waals surface area contributed by atoms with Gasteiger partial charge in [-0.1, -0.05) is 42.6 Å². The second-order valence-corrected chi connectivity index (χ2v) is 6.05. The summed E-state index contributed by atoms with van der Waals surface area (Å²) in [6.45, 7) is 3.82. The van der Waals surface area contributed by atoms with Crippen LogP contribution in [0.5, 0.6) is 0 Å². The molecule has 2 unspecified atom stereocenters. The van der Waals surface area contributed by atoms with Crippen molar-refractivity contribution in [1.29, 1.82) is 0 Å². The Morgan fingerprint density at radius 2 is 2.28 bits per heavy atom. The van der Waals surface area contributed by atoms with Crippen molar-refractivity contribution < 1.29 is 4.74 Å². The number of benzene rings is 1. The second-order valence-electron chi connectivity index (χ2n) is 5.27. The van der Waals surface area contributed by atoms with Gasteiger partial charge >= 0.3 is 0 Å². The summed E-state index contributed by atoms with van der Waals surface area (Å²) in [5.41, 5.74) is 2.13. The van der Waals surface area contributed by atoms with E-state index >= 15 is 0 Å². The normalized spacial score (nSPS) is 30.1. The molecule has 2 aliphatic rings. The lowest BCUT2D eigenvalue weighted by molar-refractivity contribution is -0.00962. The Morgan fingerprint density at radius 1 is 1.44 bits per heavy atom. The molecule has 2 saturated heterocycles. The van der Waals surface area contributed by atoms with Gasteiger partial charge in [0.05, 0.1) is 16.7 Å². The molecule has 1 aromatic rings. The highest BCUT2D eigenvalue weighted by Gasteiger charge is 2.47. The van der Waals surface area contributed by atoms with E-state index in [0.29, 0.717) is 16.1 Å². The summed E-state index contributed by atoms with van der Waals surface area (Å²) in [7, 11) is 0. The van der Waals surface area contributed by atoms with Crippen molar-refractivity contribution in [2.45, 2.75) is 37.8 Å². The molecular formula is C14H17Cl2NO. The molecule has 1 aromatic carbocycles. The molecule has 2 bridgehead atoms. The molecule has 1 N–H and O–H groups in total. The molecule has 0 aromatic heterocycles. The quantitative estimate of drug-likeness (QED) is 0.917. The Morgan fingerprint density at radius 3 is 2.83 bits per heavy atom. The summed E-state index contributed by atoms with van der Waals surface area (Å²) in [6, 6.07) is 4.64. The van der Waals surface area contributed by atoms with E-state index in [9.17, 15) is 0 Å². The molecule has 0 aliphatic carbocycles. The Labute approximate surface area is 118 Å². The Hall–Kier alpha value is -0.280. The van der Waals surface area contributed by atoms with Crippen molar-refractivity contribution in [2.75, 3.05) is 13.2 Å². The van der Waals surface area contributed by atoms with Crippen LogP contribution in [-0.2, 0) is 16.8 Å². The van der Waals surface area contributed by atoms with Crippen LogP contribution in [0.1, 0.15) is 30.9 Å². The first-order valence-corrected chi connectivity index (χ1v) is 7.26. The third kappa shape index (κ3) is 1.96. The minimum Gasteiger partial charge on any atom is -0.367 e. The van der Waals surface area contributed by atoms with Crippen LogP contribution < -0.4 is 5.32 Å². The highest BCUT2D eigenvalue weighted by Crippen LogP contribution is 2.43. The van der Waals surface area contributed by atoms with Gasteiger partial charge in [0.15, 0.2) is 0 Å². The molecule has 98 valence electrons. The van der Waals surface area contributed by atoms with Gasteiger partial charge in [-0.3, -0.25) is 0 Å². The van der Waals surface area contributed by atoms with Gasteiger partial charge in [-0.25, -0.2) is 0 Å². The van der Waals surface area contributed by atoms with Gasteiger partial charge in [0.25, 0.3) is 0 Å². The molecule has 3 rings (SSSR count). The number of nitrogens with one attached hydrogen (secondary N) is 1. The summed E-state index contributed by atoms with van der Waals surface area (Å²) >= 11 is 12.5. The number of halogens is 2. The molecule has 2 atom stereocenters. The van der Waals surface area contributed by atoms with Crippen LogP contribution in [0.3, 0.4) is 0 Å². The number of hydrogen-bond donors (Lipinski definition) is 1. The van der Waals surface area contributed by atoms with Crippen molar-refractivity contribution in [3.8, 4) is 0 Å². The third-order valence-electron chi connectivity index (χ3n) is 3.96. The standard InChI is InChI=1S/C14H17Cl2NO/c1-2-3-9-4-10(5-12(15)13(9)16)14-6-11(7-18-14)17-8-14/h4-5,11,17H,2-3,6-8H2,1H3. The number of fused-ring (bicyclic) bond motifs is 2. The van der Waals surface area contributed by atoms with Gasteiger partial charge in [-0.2, -0.15) is 0 Å². The maximum atomic E-state index is 6.26. The van der Waals surface area contributed by atoms with Gasteiger partial charge in [0, 0.05) is 12.6 Å². The van der Waals surface area contributed by atoms with Crippen LogP contribution in [0, 0.1) is 0 Å². The highest BCUT2D eigenvalue weighted by atomic mass is 35.5. The topological polar surface area (TPSA) is 21.3 Å². The van der Waals surface area contributed by atoms with Crippen LogP contribution in [0.4, 0.5) is 0 Å². The van der Waals surface area contributed by atoms with E-state index in [0.717, 1.165) is 38.0 Å². The molecule has 2 nitrogen and oxygen atoms in total. The van der Waals surface area contributed by atoms with Crippen LogP contribution in [0.25, 0.3) is 0 Å². The van der Waals surface area contributed by atoms with E-state index in [1.807, 2.05) is 6.07 Å². The van der Waals surface area contributed by atoms with Gasteiger partial charge < -0.3 is 10.1 Å². The van der Waals surface area contributed by atoms with Gasteiger partial charge in [0.1, 0.15) is 5.60 Å². The van der Waals surface area contributed by atoms with Gasteiger partial charge in [-0.15, -0.1) is 0 Å². The predicted octanol–water partition coefficient (Wildman–Crippen LogP) is 3.53. The zero-order valence-electron chi connectivity index (χ0n) is 10.4. The number of hydrogen-bond acceptors (Lipinski definition) is 2. The first kappa shape index (κ1) is 12.7.